The van der Waals surface area contributed by atoms with Crippen LogP contribution in [0.1, 0.15) is 12.8 Å². The average Bonchev–Trinajstić information content (AvgIpc) is 3.39. The molecule has 0 bridgehead atoms. The first kappa shape index (κ1) is 19.6. The zero-order chi connectivity index (χ0) is 20.2. The van der Waals surface area contributed by atoms with E-state index in [0.29, 0.717) is 40.0 Å². The number of halogens is 1. The van der Waals surface area contributed by atoms with E-state index in [4.69, 9.17) is 14.2 Å². The average molecular weight is 416 g/mol. The van der Waals surface area contributed by atoms with Gasteiger partial charge in [-0.25, -0.2) is 9.37 Å². The maximum atomic E-state index is 13.6. The number of ether oxygens (including phenoxy) is 3. The highest BCUT2D eigenvalue weighted by molar-refractivity contribution is 7.22. The van der Waals surface area contributed by atoms with Gasteiger partial charge in [0.1, 0.15) is 17.3 Å². The lowest BCUT2D eigenvalue weighted by Gasteiger charge is -2.23. The highest BCUT2D eigenvalue weighted by atomic mass is 32.1. The summed E-state index contributed by atoms with van der Waals surface area (Å²) in [5, 5.41) is 0.514. The molecule has 1 atom stereocenters. The standard InChI is InChI=1S/C21H21FN2O4S/c1-26-15-4-2-5-16(11-15)28-13-20(25)24(12-17-6-3-9-27-17)21-23-18-8-7-14(22)10-19(18)29-21/h2,4-5,7-8,10-11,17H,3,6,9,12-13H2,1H3. The minimum Gasteiger partial charge on any atom is -0.497 e. The topological polar surface area (TPSA) is 60.9 Å². The molecule has 0 spiro atoms. The van der Waals surface area contributed by atoms with Crippen molar-refractivity contribution in [2.45, 2.75) is 18.9 Å². The second-order valence-electron chi connectivity index (χ2n) is 6.72. The van der Waals surface area contributed by atoms with E-state index in [1.165, 1.54) is 23.5 Å². The third kappa shape index (κ3) is 4.65. The zero-order valence-corrected chi connectivity index (χ0v) is 16.8. The molecule has 1 amide bonds. The summed E-state index contributed by atoms with van der Waals surface area (Å²) in [5.74, 6) is 0.634. The van der Waals surface area contributed by atoms with Crippen molar-refractivity contribution in [2.24, 2.45) is 0 Å². The molecule has 3 aromatic rings. The minimum atomic E-state index is -0.328. The van der Waals surface area contributed by atoms with Crippen LogP contribution < -0.4 is 14.4 Å². The largest absolute Gasteiger partial charge is 0.497 e. The van der Waals surface area contributed by atoms with Crippen molar-refractivity contribution in [3.05, 3.63) is 48.3 Å². The molecule has 0 saturated carbocycles. The minimum absolute atomic E-state index is 0.0421. The number of hydrogen-bond donors (Lipinski definition) is 0. The molecular formula is C21H21FN2O4S. The van der Waals surface area contributed by atoms with Crippen LogP contribution in [0.15, 0.2) is 42.5 Å². The van der Waals surface area contributed by atoms with Gasteiger partial charge in [0.25, 0.3) is 5.91 Å². The highest BCUT2D eigenvalue weighted by Crippen LogP contribution is 2.30. The molecule has 1 fully saturated rings. The Kier molecular flexibility index (Phi) is 5.92. The fourth-order valence-electron chi connectivity index (χ4n) is 3.19. The van der Waals surface area contributed by atoms with Crippen LogP contribution in [0.2, 0.25) is 0 Å². The molecule has 2 aromatic carbocycles. The van der Waals surface area contributed by atoms with Crippen molar-refractivity contribution in [3.63, 3.8) is 0 Å². The van der Waals surface area contributed by atoms with E-state index in [2.05, 4.69) is 4.98 Å². The molecule has 152 valence electrons. The zero-order valence-electron chi connectivity index (χ0n) is 16.0. The number of thiazole rings is 1. The lowest BCUT2D eigenvalue weighted by Crippen LogP contribution is -2.40. The first-order valence-electron chi connectivity index (χ1n) is 9.37. The molecule has 0 aliphatic carbocycles. The van der Waals surface area contributed by atoms with E-state index in [9.17, 15) is 9.18 Å². The predicted octanol–water partition coefficient (Wildman–Crippen LogP) is 4.04. The molecule has 4 rings (SSSR count). The molecule has 29 heavy (non-hydrogen) atoms. The van der Waals surface area contributed by atoms with Crippen LogP contribution in [-0.2, 0) is 9.53 Å². The van der Waals surface area contributed by atoms with Crippen LogP contribution in [0.3, 0.4) is 0 Å². The Labute approximate surface area is 171 Å². The van der Waals surface area contributed by atoms with Gasteiger partial charge < -0.3 is 14.2 Å². The maximum absolute atomic E-state index is 13.6. The quantitative estimate of drug-likeness (QED) is 0.582. The Morgan fingerprint density at radius 1 is 1.31 bits per heavy atom. The Morgan fingerprint density at radius 2 is 2.17 bits per heavy atom. The summed E-state index contributed by atoms with van der Waals surface area (Å²) in [6, 6.07) is 11.5. The van der Waals surface area contributed by atoms with Crippen molar-refractivity contribution in [1.82, 2.24) is 4.98 Å². The van der Waals surface area contributed by atoms with Gasteiger partial charge in [0.05, 0.1) is 30.0 Å². The van der Waals surface area contributed by atoms with E-state index >= 15 is 0 Å². The maximum Gasteiger partial charge on any atom is 0.266 e. The molecule has 1 unspecified atom stereocenters. The molecule has 8 heteroatoms. The second kappa shape index (κ2) is 8.75. The van der Waals surface area contributed by atoms with Crippen LogP contribution in [0.25, 0.3) is 10.2 Å². The Bertz CT molecular complexity index is 1000. The Balaban J connectivity index is 1.54. The Morgan fingerprint density at radius 3 is 2.97 bits per heavy atom. The molecule has 1 aliphatic rings. The fraction of sp³-hybridized carbons (Fsp3) is 0.333. The number of amides is 1. The van der Waals surface area contributed by atoms with Gasteiger partial charge in [0.2, 0.25) is 0 Å². The number of carbonyl (C=O) groups excluding carboxylic acids is 1. The monoisotopic (exact) mass is 416 g/mol. The van der Waals surface area contributed by atoms with Crippen LogP contribution in [-0.4, -0.2) is 43.9 Å². The number of carbonyl (C=O) groups is 1. The Hall–Kier alpha value is -2.71. The van der Waals surface area contributed by atoms with Gasteiger partial charge in [-0.15, -0.1) is 0 Å². The van der Waals surface area contributed by atoms with Crippen LogP contribution in [0.4, 0.5) is 9.52 Å². The highest BCUT2D eigenvalue weighted by Gasteiger charge is 2.26. The van der Waals surface area contributed by atoms with Crippen molar-refractivity contribution in [3.8, 4) is 11.5 Å². The van der Waals surface area contributed by atoms with E-state index < -0.39 is 0 Å². The van der Waals surface area contributed by atoms with Gasteiger partial charge in [-0.05, 0) is 43.2 Å². The molecular weight excluding hydrogens is 395 g/mol. The van der Waals surface area contributed by atoms with Crippen molar-refractivity contribution < 1.29 is 23.4 Å². The van der Waals surface area contributed by atoms with Gasteiger partial charge in [-0.1, -0.05) is 17.4 Å². The summed E-state index contributed by atoms with van der Waals surface area (Å²) in [7, 11) is 1.57. The fourth-order valence-corrected chi connectivity index (χ4v) is 4.21. The first-order valence-corrected chi connectivity index (χ1v) is 10.2. The number of anilines is 1. The SMILES string of the molecule is COc1cccc(OCC(=O)N(CC2CCCO2)c2nc3ccc(F)cc3s2)c1. The summed E-state index contributed by atoms with van der Waals surface area (Å²) < 4.78 is 30.8. The number of hydrogen-bond acceptors (Lipinski definition) is 6. The van der Waals surface area contributed by atoms with E-state index in [-0.39, 0.29) is 24.4 Å². The number of nitrogens with zero attached hydrogens (tertiary/aromatic N) is 2. The van der Waals surface area contributed by atoms with Gasteiger partial charge in [-0.3, -0.25) is 9.69 Å². The van der Waals surface area contributed by atoms with Gasteiger partial charge in [-0.2, -0.15) is 0 Å². The molecule has 1 saturated heterocycles. The number of fused-ring (bicyclic) bond motifs is 1. The number of methoxy groups -OCH3 is 1. The second-order valence-corrected chi connectivity index (χ2v) is 7.72. The van der Waals surface area contributed by atoms with Crippen LogP contribution >= 0.6 is 11.3 Å². The molecule has 1 aromatic heterocycles. The summed E-state index contributed by atoms with van der Waals surface area (Å²) in [5.41, 5.74) is 0.658. The molecule has 6 nitrogen and oxygen atoms in total. The number of rotatable bonds is 7. The summed E-state index contributed by atoms with van der Waals surface area (Å²) in [4.78, 5) is 19.1. The van der Waals surface area contributed by atoms with Crippen molar-refractivity contribution in [2.75, 3.05) is 31.8 Å². The van der Waals surface area contributed by atoms with Crippen molar-refractivity contribution >= 4 is 32.6 Å². The smallest absolute Gasteiger partial charge is 0.266 e. The van der Waals surface area contributed by atoms with Crippen molar-refractivity contribution in [1.29, 1.82) is 0 Å². The molecule has 2 heterocycles. The molecule has 1 aliphatic heterocycles. The summed E-state index contributed by atoms with van der Waals surface area (Å²) in [6.07, 6.45) is 1.82. The van der Waals surface area contributed by atoms with E-state index in [1.54, 1.807) is 42.3 Å². The lowest BCUT2D eigenvalue weighted by molar-refractivity contribution is -0.120. The number of aromatic nitrogens is 1. The summed E-state index contributed by atoms with van der Waals surface area (Å²) in [6.45, 7) is 0.935. The first-order chi connectivity index (χ1) is 14.1. The molecule has 0 radical (unpaired) electrons. The molecule has 0 N–H and O–H groups in total. The van der Waals surface area contributed by atoms with Gasteiger partial charge in [0, 0.05) is 12.7 Å². The van der Waals surface area contributed by atoms with Crippen LogP contribution in [0.5, 0.6) is 11.5 Å². The number of benzene rings is 2. The predicted molar refractivity (Wildman–Crippen MR) is 109 cm³/mol. The van der Waals surface area contributed by atoms with E-state index in [1.807, 2.05) is 0 Å². The van der Waals surface area contributed by atoms with Gasteiger partial charge in [0.15, 0.2) is 11.7 Å². The third-order valence-electron chi connectivity index (χ3n) is 4.68. The van der Waals surface area contributed by atoms with Crippen LogP contribution in [0, 0.1) is 5.82 Å². The van der Waals surface area contributed by atoms with Gasteiger partial charge >= 0.3 is 0 Å². The third-order valence-corrected chi connectivity index (χ3v) is 5.73. The van der Waals surface area contributed by atoms with E-state index in [0.717, 1.165) is 12.8 Å². The summed E-state index contributed by atoms with van der Waals surface area (Å²) >= 11 is 1.28. The lowest BCUT2D eigenvalue weighted by atomic mass is 10.2. The normalized spacial score (nSPS) is 16.1.